The number of amides is 1. The van der Waals surface area contributed by atoms with E-state index in [2.05, 4.69) is 24.1 Å². The molecule has 5 nitrogen and oxygen atoms in total. The molecule has 0 aromatic rings. The van der Waals surface area contributed by atoms with Crippen molar-refractivity contribution in [2.24, 2.45) is 11.1 Å². The SMILES string of the molecule is CCC(CC)(CN)C(=O)NCC(C)(C)N1CCC(OC)CC1.Cl.Cl. The summed E-state index contributed by atoms with van der Waals surface area (Å²) in [5, 5.41) is 3.15. The first-order valence-electron chi connectivity index (χ1n) is 8.61. The van der Waals surface area contributed by atoms with E-state index in [0.29, 0.717) is 19.2 Å². The van der Waals surface area contributed by atoms with Gasteiger partial charge in [0, 0.05) is 38.8 Å². The van der Waals surface area contributed by atoms with Crippen molar-refractivity contribution in [2.75, 3.05) is 33.3 Å². The zero-order chi connectivity index (χ0) is 16.8. The second-order valence-corrected chi connectivity index (χ2v) is 7.11. The molecule has 1 saturated heterocycles. The van der Waals surface area contributed by atoms with Gasteiger partial charge >= 0.3 is 0 Å². The summed E-state index contributed by atoms with van der Waals surface area (Å²) in [5.41, 5.74) is 5.39. The Bertz CT molecular complexity index is 347. The van der Waals surface area contributed by atoms with E-state index in [-0.39, 0.29) is 36.3 Å². The third kappa shape index (κ3) is 6.34. The van der Waals surface area contributed by atoms with Gasteiger partial charge in [-0.15, -0.1) is 24.8 Å². The molecule has 1 rings (SSSR count). The fourth-order valence-electron chi connectivity index (χ4n) is 3.25. The van der Waals surface area contributed by atoms with Gasteiger partial charge in [0.05, 0.1) is 11.5 Å². The van der Waals surface area contributed by atoms with Gasteiger partial charge in [0.1, 0.15) is 0 Å². The summed E-state index contributed by atoms with van der Waals surface area (Å²) < 4.78 is 5.43. The molecule has 0 spiro atoms. The monoisotopic (exact) mass is 385 g/mol. The van der Waals surface area contributed by atoms with Crippen LogP contribution in [0.3, 0.4) is 0 Å². The smallest absolute Gasteiger partial charge is 0.227 e. The second kappa shape index (κ2) is 11.5. The van der Waals surface area contributed by atoms with Crippen molar-refractivity contribution in [3.63, 3.8) is 0 Å². The lowest BCUT2D eigenvalue weighted by molar-refractivity contribution is -0.131. The summed E-state index contributed by atoms with van der Waals surface area (Å²) in [6.07, 6.45) is 4.07. The lowest BCUT2D eigenvalue weighted by Gasteiger charge is -2.43. The van der Waals surface area contributed by atoms with Crippen molar-refractivity contribution in [3.8, 4) is 0 Å². The molecular formula is C17H37Cl2N3O2. The highest BCUT2D eigenvalue weighted by Crippen LogP contribution is 2.26. The Morgan fingerprint density at radius 2 is 1.71 bits per heavy atom. The van der Waals surface area contributed by atoms with E-state index >= 15 is 0 Å². The molecule has 0 atom stereocenters. The lowest BCUT2D eigenvalue weighted by Crippen LogP contribution is -2.57. The predicted molar refractivity (Wildman–Crippen MR) is 105 cm³/mol. The molecule has 0 unspecified atom stereocenters. The summed E-state index contributed by atoms with van der Waals surface area (Å²) in [6.45, 7) is 11.6. The van der Waals surface area contributed by atoms with Crippen molar-refractivity contribution in [3.05, 3.63) is 0 Å². The molecule has 0 saturated carbocycles. The summed E-state index contributed by atoms with van der Waals surface area (Å²) in [4.78, 5) is 15.0. The van der Waals surface area contributed by atoms with Crippen LogP contribution in [0.2, 0.25) is 0 Å². The highest BCUT2D eigenvalue weighted by molar-refractivity contribution is 5.85. The Labute approximate surface area is 160 Å². The van der Waals surface area contributed by atoms with Crippen LogP contribution in [0.25, 0.3) is 0 Å². The number of halogens is 2. The Hall–Kier alpha value is -0.0700. The van der Waals surface area contributed by atoms with Crippen LogP contribution < -0.4 is 11.1 Å². The molecule has 1 aliphatic heterocycles. The highest BCUT2D eigenvalue weighted by Gasteiger charge is 2.36. The van der Waals surface area contributed by atoms with Gasteiger partial charge in [0.25, 0.3) is 0 Å². The Morgan fingerprint density at radius 1 is 1.21 bits per heavy atom. The van der Waals surface area contributed by atoms with Crippen LogP contribution in [0.5, 0.6) is 0 Å². The highest BCUT2D eigenvalue weighted by atomic mass is 35.5. The van der Waals surface area contributed by atoms with Gasteiger partial charge in [-0.1, -0.05) is 13.8 Å². The van der Waals surface area contributed by atoms with Crippen LogP contribution in [0.15, 0.2) is 0 Å². The number of likely N-dealkylation sites (tertiary alicyclic amines) is 1. The molecule has 0 aliphatic carbocycles. The molecule has 1 aliphatic rings. The van der Waals surface area contributed by atoms with E-state index in [1.807, 2.05) is 13.8 Å². The minimum absolute atomic E-state index is 0. The summed E-state index contributed by atoms with van der Waals surface area (Å²) in [5.74, 6) is 0.0971. The van der Waals surface area contributed by atoms with Crippen LogP contribution in [0, 0.1) is 5.41 Å². The summed E-state index contributed by atoms with van der Waals surface area (Å²) in [7, 11) is 1.79. The van der Waals surface area contributed by atoms with Crippen LogP contribution in [0.4, 0.5) is 0 Å². The number of nitrogens with one attached hydrogen (secondary N) is 1. The van der Waals surface area contributed by atoms with Crippen molar-refractivity contribution in [1.82, 2.24) is 10.2 Å². The van der Waals surface area contributed by atoms with Crippen molar-refractivity contribution in [1.29, 1.82) is 0 Å². The molecule has 1 amide bonds. The van der Waals surface area contributed by atoms with Gasteiger partial charge in [-0.3, -0.25) is 9.69 Å². The van der Waals surface area contributed by atoms with Gasteiger partial charge in [-0.2, -0.15) is 0 Å². The molecule has 24 heavy (non-hydrogen) atoms. The standard InChI is InChI=1S/C17H35N3O2.2ClH/c1-6-17(7-2,12-18)15(21)19-13-16(3,4)20-10-8-14(22-5)9-11-20;;/h14H,6-13,18H2,1-5H3,(H,19,21);2*1H. The molecule has 0 radical (unpaired) electrons. The van der Waals surface area contributed by atoms with E-state index in [4.69, 9.17) is 10.5 Å². The minimum atomic E-state index is -0.418. The van der Waals surface area contributed by atoms with Gasteiger partial charge in [0.15, 0.2) is 0 Å². The number of hydrogen-bond acceptors (Lipinski definition) is 4. The molecule has 7 heteroatoms. The van der Waals surface area contributed by atoms with Gasteiger partial charge in [-0.25, -0.2) is 0 Å². The number of piperidine rings is 1. The zero-order valence-corrected chi connectivity index (χ0v) is 17.5. The maximum Gasteiger partial charge on any atom is 0.227 e. The van der Waals surface area contributed by atoms with E-state index in [1.165, 1.54) is 0 Å². The maximum atomic E-state index is 12.6. The molecular weight excluding hydrogens is 349 g/mol. The number of nitrogens with zero attached hydrogens (tertiary/aromatic N) is 1. The quantitative estimate of drug-likeness (QED) is 0.673. The molecule has 0 aromatic heterocycles. The first kappa shape index (κ1) is 26.2. The zero-order valence-electron chi connectivity index (χ0n) is 15.9. The van der Waals surface area contributed by atoms with E-state index in [1.54, 1.807) is 7.11 Å². The third-order valence-electron chi connectivity index (χ3n) is 5.54. The number of carbonyl (C=O) groups is 1. The lowest BCUT2D eigenvalue weighted by atomic mass is 9.81. The molecule has 1 fully saturated rings. The number of rotatable bonds is 8. The second-order valence-electron chi connectivity index (χ2n) is 7.11. The van der Waals surface area contributed by atoms with E-state index in [9.17, 15) is 4.79 Å². The maximum absolute atomic E-state index is 12.6. The molecule has 0 aromatic carbocycles. The van der Waals surface area contributed by atoms with Crippen molar-refractivity contribution in [2.45, 2.75) is 65.0 Å². The number of carbonyl (C=O) groups excluding carboxylic acids is 1. The largest absolute Gasteiger partial charge is 0.381 e. The Morgan fingerprint density at radius 3 is 2.08 bits per heavy atom. The molecule has 0 bridgehead atoms. The molecule has 1 heterocycles. The van der Waals surface area contributed by atoms with Crippen molar-refractivity contribution >= 4 is 30.7 Å². The van der Waals surface area contributed by atoms with Crippen molar-refractivity contribution < 1.29 is 9.53 Å². The van der Waals surface area contributed by atoms with E-state index < -0.39 is 5.41 Å². The number of nitrogens with two attached hydrogens (primary N) is 1. The van der Waals surface area contributed by atoms with Gasteiger partial charge in [-0.05, 0) is 39.5 Å². The normalized spacial score (nSPS) is 16.9. The fraction of sp³-hybridized carbons (Fsp3) is 0.941. The van der Waals surface area contributed by atoms with Crippen LogP contribution in [-0.2, 0) is 9.53 Å². The molecule has 146 valence electrons. The fourth-order valence-corrected chi connectivity index (χ4v) is 3.25. The first-order valence-corrected chi connectivity index (χ1v) is 8.61. The average Bonchev–Trinajstić information content (AvgIpc) is 2.55. The Balaban J connectivity index is 0. The summed E-state index contributed by atoms with van der Waals surface area (Å²) >= 11 is 0. The third-order valence-corrected chi connectivity index (χ3v) is 5.54. The van der Waals surface area contributed by atoms with E-state index in [0.717, 1.165) is 38.8 Å². The minimum Gasteiger partial charge on any atom is -0.381 e. The van der Waals surface area contributed by atoms with Gasteiger partial charge < -0.3 is 15.8 Å². The summed E-state index contributed by atoms with van der Waals surface area (Å²) in [6, 6.07) is 0. The topological polar surface area (TPSA) is 67.6 Å². The van der Waals surface area contributed by atoms with Crippen LogP contribution >= 0.6 is 24.8 Å². The number of methoxy groups -OCH3 is 1. The first-order chi connectivity index (χ1) is 10.3. The van der Waals surface area contributed by atoms with Crippen LogP contribution in [0.1, 0.15) is 53.4 Å². The predicted octanol–water partition coefficient (Wildman–Crippen LogP) is 2.60. The van der Waals surface area contributed by atoms with Crippen LogP contribution in [-0.4, -0.2) is 55.7 Å². The molecule has 3 N–H and O–H groups in total. The number of ether oxygens (including phenoxy) is 1. The average molecular weight is 386 g/mol. The Kier molecular flexibility index (Phi) is 12.6. The van der Waals surface area contributed by atoms with Gasteiger partial charge in [0.2, 0.25) is 5.91 Å². The number of hydrogen-bond donors (Lipinski definition) is 2.